The van der Waals surface area contributed by atoms with Gasteiger partial charge >= 0.3 is 0 Å². The zero-order valence-electron chi connectivity index (χ0n) is 22.2. The number of unbranched alkanes of at least 4 members (excludes halogenated alkanes) is 5. The summed E-state index contributed by atoms with van der Waals surface area (Å²) < 4.78 is 55.9. The summed E-state index contributed by atoms with van der Waals surface area (Å²) in [4.78, 5) is 0. The normalized spacial score (nSPS) is 17.4. The Kier molecular flexibility index (Phi) is 10.1. The van der Waals surface area contributed by atoms with E-state index < -0.39 is 11.6 Å². The van der Waals surface area contributed by atoms with Crippen molar-refractivity contribution in [3.8, 4) is 28.0 Å². The van der Waals surface area contributed by atoms with E-state index in [0.717, 1.165) is 37.7 Å². The molecule has 1 saturated heterocycles. The van der Waals surface area contributed by atoms with Gasteiger partial charge in [-0.05, 0) is 54.2 Å². The van der Waals surface area contributed by atoms with Crippen molar-refractivity contribution in [2.45, 2.75) is 64.4 Å². The molecule has 1 heterocycles. The number of hydrogen-bond acceptors (Lipinski definition) is 2. The van der Waals surface area contributed by atoms with E-state index in [1.165, 1.54) is 31.4 Å². The van der Waals surface area contributed by atoms with Crippen molar-refractivity contribution < 1.29 is 22.6 Å². The fraction of sp³-hybridized carbons (Fsp3) is 0.394. The molecule has 1 aliphatic heterocycles. The van der Waals surface area contributed by atoms with Gasteiger partial charge in [-0.2, -0.15) is 4.39 Å². The molecular formula is C33H37F3O2. The highest BCUT2D eigenvalue weighted by molar-refractivity contribution is 5.71. The topological polar surface area (TPSA) is 18.5 Å². The van der Waals surface area contributed by atoms with Crippen LogP contribution in [-0.4, -0.2) is 13.2 Å². The summed E-state index contributed by atoms with van der Waals surface area (Å²) in [6.45, 7) is 6.90. The molecule has 202 valence electrons. The molecule has 0 spiro atoms. The fourth-order valence-corrected chi connectivity index (χ4v) is 4.94. The molecule has 4 rings (SSSR count). The predicted molar refractivity (Wildman–Crippen MR) is 148 cm³/mol. The molecule has 0 aliphatic carbocycles. The third kappa shape index (κ3) is 6.87. The van der Waals surface area contributed by atoms with Crippen molar-refractivity contribution in [3.05, 3.63) is 90.3 Å². The molecule has 0 N–H and O–H groups in total. The molecule has 1 fully saturated rings. The minimum Gasteiger partial charge on any atom is -0.490 e. The van der Waals surface area contributed by atoms with Crippen molar-refractivity contribution in [1.82, 2.24) is 0 Å². The molecule has 38 heavy (non-hydrogen) atoms. The first-order valence-electron chi connectivity index (χ1n) is 13.8. The van der Waals surface area contributed by atoms with Crippen molar-refractivity contribution in [3.63, 3.8) is 0 Å². The van der Waals surface area contributed by atoms with E-state index in [9.17, 15) is 13.2 Å². The van der Waals surface area contributed by atoms with Gasteiger partial charge in [0, 0.05) is 17.0 Å². The van der Waals surface area contributed by atoms with Crippen LogP contribution in [0.5, 0.6) is 5.75 Å². The molecule has 0 saturated carbocycles. The van der Waals surface area contributed by atoms with Gasteiger partial charge in [-0.3, -0.25) is 0 Å². The second-order valence-corrected chi connectivity index (χ2v) is 10.1. The summed E-state index contributed by atoms with van der Waals surface area (Å²) in [6.07, 6.45) is 9.90. The maximum atomic E-state index is 15.0. The van der Waals surface area contributed by atoms with E-state index in [2.05, 4.69) is 13.5 Å². The zero-order chi connectivity index (χ0) is 26.9. The molecule has 2 atom stereocenters. The van der Waals surface area contributed by atoms with E-state index in [1.54, 1.807) is 36.4 Å². The van der Waals surface area contributed by atoms with Crippen molar-refractivity contribution in [1.29, 1.82) is 0 Å². The molecule has 5 heteroatoms. The van der Waals surface area contributed by atoms with Crippen LogP contribution in [0.4, 0.5) is 13.2 Å². The lowest BCUT2D eigenvalue weighted by molar-refractivity contribution is -0.00700. The van der Waals surface area contributed by atoms with Gasteiger partial charge in [0.1, 0.15) is 5.82 Å². The zero-order valence-corrected chi connectivity index (χ0v) is 22.2. The van der Waals surface area contributed by atoms with Gasteiger partial charge in [0.25, 0.3) is 0 Å². The molecule has 1 aliphatic rings. The van der Waals surface area contributed by atoms with Crippen LogP contribution in [0.3, 0.4) is 0 Å². The van der Waals surface area contributed by atoms with E-state index >= 15 is 0 Å². The second-order valence-electron chi connectivity index (χ2n) is 10.1. The van der Waals surface area contributed by atoms with E-state index in [1.807, 2.05) is 12.1 Å². The fourth-order valence-electron chi connectivity index (χ4n) is 4.94. The van der Waals surface area contributed by atoms with Gasteiger partial charge in [-0.15, -0.1) is 6.58 Å². The van der Waals surface area contributed by atoms with E-state index in [4.69, 9.17) is 9.47 Å². The highest BCUT2D eigenvalue weighted by Crippen LogP contribution is 2.35. The van der Waals surface area contributed by atoms with Crippen LogP contribution in [0, 0.1) is 23.4 Å². The lowest BCUT2D eigenvalue weighted by atomic mass is 9.93. The highest BCUT2D eigenvalue weighted by atomic mass is 19.2. The van der Waals surface area contributed by atoms with Crippen molar-refractivity contribution in [2.75, 3.05) is 13.2 Å². The summed E-state index contributed by atoms with van der Waals surface area (Å²) in [5, 5.41) is 0. The summed E-state index contributed by atoms with van der Waals surface area (Å²) in [6, 6.07) is 15.2. The SMILES string of the molecule is C=CC1CCC(c2ccc(-c3ccc(-c4ccc(OCCCCCCCC)c(F)c4F)cc3)cc2F)OC1. The van der Waals surface area contributed by atoms with Crippen molar-refractivity contribution in [2.24, 2.45) is 5.92 Å². The Balaban J connectivity index is 1.39. The van der Waals surface area contributed by atoms with Gasteiger partial charge < -0.3 is 9.47 Å². The van der Waals surface area contributed by atoms with Crippen LogP contribution >= 0.6 is 0 Å². The Hall–Kier alpha value is -3.05. The summed E-state index contributed by atoms with van der Waals surface area (Å²) in [7, 11) is 0. The first kappa shape index (κ1) is 28.0. The average molecular weight is 523 g/mol. The van der Waals surface area contributed by atoms with Crippen LogP contribution < -0.4 is 4.74 Å². The van der Waals surface area contributed by atoms with Crippen LogP contribution in [0.25, 0.3) is 22.3 Å². The maximum Gasteiger partial charge on any atom is 0.201 e. The van der Waals surface area contributed by atoms with Gasteiger partial charge in [-0.25, -0.2) is 8.78 Å². The Bertz CT molecular complexity index is 1200. The van der Waals surface area contributed by atoms with Crippen LogP contribution in [0.1, 0.15) is 70.0 Å². The molecular weight excluding hydrogens is 485 g/mol. The predicted octanol–water partition coefficient (Wildman–Crippen LogP) is 9.83. The van der Waals surface area contributed by atoms with Crippen LogP contribution in [0.2, 0.25) is 0 Å². The van der Waals surface area contributed by atoms with Gasteiger partial charge in [0.05, 0.1) is 19.3 Å². The van der Waals surface area contributed by atoms with Gasteiger partial charge in [0.15, 0.2) is 11.6 Å². The molecule has 2 nitrogen and oxygen atoms in total. The monoisotopic (exact) mass is 522 g/mol. The summed E-state index contributed by atoms with van der Waals surface area (Å²) in [5.74, 6) is -1.95. The standard InChI is InChI=1S/C33H37F3O2/c1-3-5-6-7-8-9-20-37-31-19-17-27(32(35)33(31)36)25-13-11-24(12-14-25)26-15-16-28(29(34)21-26)30-18-10-23(4-2)22-38-30/h4,11-17,19,21,23,30H,2-3,5-10,18,20,22H2,1H3. The minimum absolute atomic E-state index is 0.0612. The minimum atomic E-state index is -0.973. The van der Waals surface area contributed by atoms with Crippen molar-refractivity contribution >= 4 is 0 Å². The van der Waals surface area contributed by atoms with Crippen LogP contribution in [-0.2, 0) is 4.74 Å². The molecule has 0 amide bonds. The molecule has 3 aromatic carbocycles. The lowest BCUT2D eigenvalue weighted by Crippen LogP contribution is -2.19. The largest absolute Gasteiger partial charge is 0.490 e. The number of rotatable bonds is 12. The second kappa shape index (κ2) is 13.7. The smallest absolute Gasteiger partial charge is 0.201 e. The van der Waals surface area contributed by atoms with Gasteiger partial charge in [0.2, 0.25) is 5.82 Å². The molecule has 3 aromatic rings. The highest BCUT2D eigenvalue weighted by Gasteiger charge is 2.24. The number of benzene rings is 3. The number of ether oxygens (including phenoxy) is 2. The third-order valence-electron chi connectivity index (χ3n) is 7.32. The Labute approximate surface area is 224 Å². The van der Waals surface area contributed by atoms with E-state index in [-0.39, 0.29) is 23.2 Å². The Morgan fingerprint density at radius 3 is 2.24 bits per heavy atom. The Morgan fingerprint density at radius 1 is 0.842 bits per heavy atom. The lowest BCUT2D eigenvalue weighted by Gasteiger charge is -2.28. The van der Waals surface area contributed by atoms with Gasteiger partial charge in [-0.1, -0.05) is 81.5 Å². The molecule has 0 bridgehead atoms. The Morgan fingerprint density at radius 2 is 1.55 bits per heavy atom. The maximum absolute atomic E-state index is 15.0. The first-order valence-corrected chi connectivity index (χ1v) is 13.8. The molecule has 0 aromatic heterocycles. The van der Waals surface area contributed by atoms with Crippen LogP contribution in [0.15, 0.2) is 67.3 Å². The van der Waals surface area contributed by atoms with E-state index in [0.29, 0.717) is 35.8 Å². The molecule has 2 unspecified atom stereocenters. The number of halogens is 3. The number of hydrogen-bond donors (Lipinski definition) is 0. The summed E-state index contributed by atoms with van der Waals surface area (Å²) in [5.41, 5.74) is 2.76. The quantitative estimate of drug-likeness (QED) is 0.174. The first-order chi connectivity index (χ1) is 18.5. The summed E-state index contributed by atoms with van der Waals surface area (Å²) >= 11 is 0. The molecule has 0 radical (unpaired) electrons. The average Bonchev–Trinajstić information content (AvgIpc) is 2.95. The third-order valence-corrected chi connectivity index (χ3v) is 7.32.